The zero-order chi connectivity index (χ0) is 26.4. The summed E-state index contributed by atoms with van der Waals surface area (Å²) in [4.78, 5) is 30.0. The van der Waals surface area contributed by atoms with Gasteiger partial charge in [0.15, 0.2) is 10.6 Å². The molecule has 2 heterocycles. The van der Waals surface area contributed by atoms with Crippen molar-refractivity contribution in [3.05, 3.63) is 124 Å². The lowest BCUT2D eigenvalue weighted by molar-refractivity contribution is -0.385. The van der Waals surface area contributed by atoms with Crippen LogP contribution in [0.1, 0.15) is 41.6 Å². The molecule has 1 aliphatic heterocycles. The number of ether oxygens (including phenoxy) is 1. The Labute approximate surface area is 221 Å². The van der Waals surface area contributed by atoms with Crippen LogP contribution in [0.15, 0.2) is 82.1 Å². The lowest BCUT2D eigenvalue weighted by Gasteiger charge is -2.30. The van der Waals surface area contributed by atoms with Crippen LogP contribution >= 0.6 is 11.3 Å². The van der Waals surface area contributed by atoms with Gasteiger partial charge in [0.2, 0.25) is 0 Å². The minimum atomic E-state index is -0.647. The van der Waals surface area contributed by atoms with Crippen LogP contribution in [0.4, 0.5) is 5.69 Å². The minimum absolute atomic E-state index is 0.214. The SMILES string of the molecule is CCOc1ccc(C2C3=C(N=c4sc(=Cc5ccc(O)c([N+](=O)[O-])c5)c(=O)n42)c2ccccc2CC3)cc1. The summed E-state index contributed by atoms with van der Waals surface area (Å²) < 4.78 is 7.77. The number of hydrogen-bond acceptors (Lipinski definition) is 7. The molecule has 0 fully saturated rings. The Kier molecular flexibility index (Phi) is 5.92. The van der Waals surface area contributed by atoms with Gasteiger partial charge in [0.25, 0.3) is 5.56 Å². The predicted molar refractivity (Wildman–Crippen MR) is 145 cm³/mol. The molecule has 1 atom stereocenters. The van der Waals surface area contributed by atoms with Crippen molar-refractivity contribution in [1.29, 1.82) is 0 Å². The lowest BCUT2D eigenvalue weighted by atomic mass is 9.83. The fourth-order valence-corrected chi connectivity index (χ4v) is 6.16. The quantitative estimate of drug-likeness (QED) is 0.308. The van der Waals surface area contributed by atoms with Gasteiger partial charge in [-0.25, -0.2) is 4.99 Å². The highest BCUT2D eigenvalue weighted by atomic mass is 32.1. The van der Waals surface area contributed by atoms with Crippen LogP contribution < -0.4 is 19.6 Å². The predicted octanol–water partition coefficient (Wildman–Crippen LogP) is 4.33. The zero-order valence-corrected chi connectivity index (χ0v) is 21.3. The second-order valence-corrected chi connectivity index (χ2v) is 10.1. The van der Waals surface area contributed by atoms with E-state index in [1.807, 2.05) is 43.3 Å². The number of allylic oxidation sites excluding steroid dienone is 1. The van der Waals surface area contributed by atoms with Gasteiger partial charge in [0.1, 0.15) is 5.75 Å². The van der Waals surface area contributed by atoms with Gasteiger partial charge in [-0.15, -0.1) is 0 Å². The largest absolute Gasteiger partial charge is 0.502 e. The maximum Gasteiger partial charge on any atom is 0.311 e. The third kappa shape index (κ3) is 4.01. The van der Waals surface area contributed by atoms with Gasteiger partial charge >= 0.3 is 5.69 Å². The summed E-state index contributed by atoms with van der Waals surface area (Å²) in [5.41, 5.74) is 5.09. The van der Waals surface area contributed by atoms with Crippen molar-refractivity contribution >= 4 is 28.8 Å². The number of benzene rings is 3. The number of nitro benzene ring substituents is 1. The maximum atomic E-state index is 13.8. The lowest BCUT2D eigenvalue weighted by Crippen LogP contribution is -2.38. The fourth-order valence-electron chi connectivity index (χ4n) is 5.16. The van der Waals surface area contributed by atoms with E-state index in [1.165, 1.54) is 29.0 Å². The first kappa shape index (κ1) is 23.9. The highest BCUT2D eigenvalue weighted by Crippen LogP contribution is 2.41. The first-order valence-electron chi connectivity index (χ1n) is 12.3. The monoisotopic (exact) mass is 525 g/mol. The molecule has 6 rings (SSSR count). The summed E-state index contributed by atoms with van der Waals surface area (Å²) in [6, 6.07) is 19.8. The summed E-state index contributed by atoms with van der Waals surface area (Å²) in [6.07, 6.45) is 3.25. The number of hydrogen-bond donors (Lipinski definition) is 1. The highest BCUT2D eigenvalue weighted by molar-refractivity contribution is 7.07. The number of nitro groups is 1. The molecule has 0 spiro atoms. The van der Waals surface area contributed by atoms with Crippen molar-refractivity contribution in [3.63, 3.8) is 0 Å². The van der Waals surface area contributed by atoms with Crippen LogP contribution in [-0.4, -0.2) is 21.2 Å². The molecule has 2 aliphatic rings. The Morgan fingerprint density at radius 3 is 2.71 bits per heavy atom. The highest BCUT2D eigenvalue weighted by Gasteiger charge is 2.32. The average Bonchev–Trinajstić information content (AvgIpc) is 3.23. The zero-order valence-electron chi connectivity index (χ0n) is 20.5. The average molecular weight is 526 g/mol. The topological polar surface area (TPSA) is 107 Å². The Morgan fingerprint density at radius 1 is 1.16 bits per heavy atom. The molecular weight excluding hydrogens is 502 g/mol. The van der Waals surface area contributed by atoms with E-state index in [2.05, 4.69) is 12.1 Å². The van der Waals surface area contributed by atoms with E-state index >= 15 is 0 Å². The van der Waals surface area contributed by atoms with Crippen LogP contribution in [0, 0.1) is 10.1 Å². The van der Waals surface area contributed by atoms with Gasteiger partial charge < -0.3 is 9.84 Å². The molecule has 38 heavy (non-hydrogen) atoms. The summed E-state index contributed by atoms with van der Waals surface area (Å²) in [7, 11) is 0. The van der Waals surface area contributed by atoms with E-state index in [0.29, 0.717) is 21.5 Å². The minimum Gasteiger partial charge on any atom is -0.502 e. The van der Waals surface area contributed by atoms with E-state index in [1.54, 1.807) is 16.7 Å². The number of aromatic hydroxyl groups is 1. The number of aryl methyl sites for hydroxylation is 1. The summed E-state index contributed by atoms with van der Waals surface area (Å²) in [6.45, 7) is 2.50. The van der Waals surface area contributed by atoms with Gasteiger partial charge in [0, 0.05) is 11.6 Å². The Morgan fingerprint density at radius 2 is 1.95 bits per heavy atom. The van der Waals surface area contributed by atoms with Crippen molar-refractivity contribution in [1.82, 2.24) is 4.57 Å². The standard InChI is InChI=1S/C29H23N3O5S/c1-2-37-20-11-8-19(9-12-20)27-22-13-10-18-5-3-4-6-21(18)26(22)30-29-31(27)28(34)25(38-29)16-17-7-14-24(33)23(15-17)32(35)36/h3-9,11-12,14-16,27,33H,2,10,13H2,1H3. The van der Waals surface area contributed by atoms with Gasteiger partial charge in [0.05, 0.1) is 27.8 Å². The molecule has 3 aromatic carbocycles. The normalized spacial score (nSPS) is 16.3. The molecule has 190 valence electrons. The second kappa shape index (κ2) is 9.42. The Hall–Kier alpha value is -4.50. The first-order valence-corrected chi connectivity index (χ1v) is 13.1. The maximum absolute atomic E-state index is 13.8. The van der Waals surface area contributed by atoms with Crippen molar-refractivity contribution in [2.24, 2.45) is 4.99 Å². The molecule has 0 saturated carbocycles. The molecule has 8 nitrogen and oxygen atoms in total. The van der Waals surface area contributed by atoms with Crippen LogP contribution in [0.5, 0.6) is 11.5 Å². The smallest absolute Gasteiger partial charge is 0.311 e. The van der Waals surface area contributed by atoms with Crippen LogP contribution in [0.2, 0.25) is 0 Å². The molecule has 4 aromatic rings. The van der Waals surface area contributed by atoms with E-state index in [0.717, 1.165) is 41.0 Å². The van der Waals surface area contributed by atoms with Crippen LogP contribution in [0.25, 0.3) is 11.8 Å². The summed E-state index contributed by atoms with van der Waals surface area (Å²) in [5, 5.41) is 21.1. The van der Waals surface area contributed by atoms with Crippen LogP contribution in [-0.2, 0) is 6.42 Å². The number of aromatic nitrogens is 1. The molecule has 1 N–H and O–H groups in total. The molecule has 1 aliphatic carbocycles. The number of nitrogens with zero attached hydrogens (tertiary/aromatic N) is 3. The van der Waals surface area contributed by atoms with E-state index in [9.17, 15) is 20.0 Å². The number of phenolic OH excluding ortho intramolecular Hbond substituents is 1. The number of rotatable bonds is 5. The van der Waals surface area contributed by atoms with E-state index in [-0.39, 0.29) is 11.6 Å². The summed E-state index contributed by atoms with van der Waals surface area (Å²) in [5.74, 6) is 0.344. The Bertz CT molecular complexity index is 1800. The first-order chi connectivity index (χ1) is 18.4. The number of thiazole rings is 1. The third-order valence-corrected chi connectivity index (χ3v) is 7.86. The van der Waals surface area contributed by atoms with Crippen LogP contribution in [0.3, 0.4) is 0 Å². The van der Waals surface area contributed by atoms with Crippen molar-refractivity contribution in [3.8, 4) is 11.5 Å². The molecule has 0 bridgehead atoms. The molecule has 0 radical (unpaired) electrons. The van der Waals surface area contributed by atoms with E-state index < -0.39 is 16.4 Å². The van der Waals surface area contributed by atoms with E-state index in [4.69, 9.17) is 9.73 Å². The number of phenols is 1. The van der Waals surface area contributed by atoms with Gasteiger partial charge in [-0.3, -0.25) is 19.5 Å². The molecule has 1 unspecified atom stereocenters. The summed E-state index contributed by atoms with van der Waals surface area (Å²) >= 11 is 1.25. The number of fused-ring (bicyclic) bond motifs is 3. The Balaban J connectivity index is 1.57. The van der Waals surface area contributed by atoms with Crippen molar-refractivity contribution in [2.45, 2.75) is 25.8 Å². The van der Waals surface area contributed by atoms with Gasteiger partial charge in [-0.05, 0) is 66.3 Å². The molecule has 0 amide bonds. The van der Waals surface area contributed by atoms with Crippen molar-refractivity contribution in [2.75, 3.05) is 6.61 Å². The van der Waals surface area contributed by atoms with Gasteiger partial charge in [-0.2, -0.15) is 0 Å². The second-order valence-electron chi connectivity index (χ2n) is 9.12. The van der Waals surface area contributed by atoms with Gasteiger partial charge in [-0.1, -0.05) is 53.8 Å². The van der Waals surface area contributed by atoms with Crippen molar-refractivity contribution < 1.29 is 14.8 Å². The molecule has 1 aromatic heterocycles. The fraction of sp³-hybridized carbons (Fsp3) is 0.172. The molecule has 0 saturated heterocycles. The molecule has 9 heteroatoms. The third-order valence-electron chi connectivity index (χ3n) is 6.87. The molecular formula is C29H23N3O5S.